The second-order valence-corrected chi connectivity index (χ2v) is 7.55. The fourth-order valence-electron chi connectivity index (χ4n) is 4.10. The number of carboxylic acids is 1. The Morgan fingerprint density at radius 1 is 1.17 bits per heavy atom. The van der Waals surface area contributed by atoms with Crippen molar-refractivity contribution in [1.29, 1.82) is 0 Å². The molecule has 1 aromatic carbocycles. The zero-order valence-corrected chi connectivity index (χ0v) is 16.3. The van der Waals surface area contributed by atoms with Crippen molar-refractivity contribution in [2.75, 3.05) is 19.6 Å². The SMILES string of the molecule is Cn1ccc2ccc(C(=O)N[C@H]3CN(CC(=O)O)CC[C@H]3c3ccccc3)nc21. The molecule has 7 heteroatoms. The van der Waals surface area contributed by atoms with E-state index in [0.717, 1.165) is 23.0 Å². The molecule has 3 heterocycles. The summed E-state index contributed by atoms with van der Waals surface area (Å²) in [6.45, 7) is 1.15. The highest BCUT2D eigenvalue weighted by Crippen LogP contribution is 2.28. The Hall–Kier alpha value is -3.19. The van der Waals surface area contributed by atoms with Gasteiger partial charge in [-0.05, 0) is 36.7 Å². The van der Waals surface area contributed by atoms with Crippen LogP contribution in [0.25, 0.3) is 11.0 Å². The Morgan fingerprint density at radius 2 is 1.97 bits per heavy atom. The van der Waals surface area contributed by atoms with Gasteiger partial charge < -0.3 is 15.0 Å². The third-order valence-corrected chi connectivity index (χ3v) is 5.55. The molecule has 0 radical (unpaired) electrons. The van der Waals surface area contributed by atoms with E-state index in [1.54, 1.807) is 6.07 Å². The highest BCUT2D eigenvalue weighted by Gasteiger charge is 2.32. The molecule has 4 rings (SSSR count). The normalized spacial score (nSPS) is 19.9. The lowest BCUT2D eigenvalue weighted by Crippen LogP contribution is -2.52. The average Bonchev–Trinajstić information content (AvgIpc) is 3.09. The van der Waals surface area contributed by atoms with Crippen molar-refractivity contribution < 1.29 is 14.7 Å². The van der Waals surface area contributed by atoms with Crippen LogP contribution in [0, 0.1) is 0 Å². The number of pyridine rings is 1. The molecule has 0 bridgehead atoms. The number of hydrogen-bond donors (Lipinski definition) is 2. The van der Waals surface area contributed by atoms with E-state index in [-0.39, 0.29) is 24.4 Å². The van der Waals surface area contributed by atoms with Crippen molar-refractivity contribution >= 4 is 22.9 Å². The summed E-state index contributed by atoms with van der Waals surface area (Å²) < 4.78 is 1.88. The van der Waals surface area contributed by atoms with E-state index < -0.39 is 5.97 Å². The van der Waals surface area contributed by atoms with Gasteiger partial charge >= 0.3 is 5.97 Å². The van der Waals surface area contributed by atoms with Gasteiger partial charge in [-0.2, -0.15) is 0 Å². The van der Waals surface area contributed by atoms with Crippen LogP contribution in [0.1, 0.15) is 28.4 Å². The number of carbonyl (C=O) groups is 2. The van der Waals surface area contributed by atoms with Gasteiger partial charge in [-0.3, -0.25) is 14.5 Å². The van der Waals surface area contributed by atoms with Crippen LogP contribution in [0.5, 0.6) is 0 Å². The summed E-state index contributed by atoms with van der Waals surface area (Å²) in [6.07, 6.45) is 2.70. The van der Waals surface area contributed by atoms with Crippen molar-refractivity contribution in [1.82, 2.24) is 19.8 Å². The second-order valence-electron chi connectivity index (χ2n) is 7.55. The molecule has 150 valence electrons. The predicted molar refractivity (Wildman–Crippen MR) is 110 cm³/mol. The molecule has 29 heavy (non-hydrogen) atoms. The third-order valence-electron chi connectivity index (χ3n) is 5.55. The summed E-state index contributed by atoms with van der Waals surface area (Å²) in [6, 6.07) is 15.5. The predicted octanol–water partition coefficient (Wildman–Crippen LogP) is 2.25. The van der Waals surface area contributed by atoms with Crippen molar-refractivity contribution in [3.05, 3.63) is 66.0 Å². The molecule has 1 aliphatic heterocycles. The van der Waals surface area contributed by atoms with Crippen LogP contribution in [-0.4, -0.2) is 57.1 Å². The number of hydrogen-bond acceptors (Lipinski definition) is 4. The molecule has 7 nitrogen and oxygen atoms in total. The molecule has 1 aliphatic rings. The van der Waals surface area contributed by atoms with Gasteiger partial charge in [0.25, 0.3) is 5.91 Å². The summed E-state index contributed by atoms with van der Waals surface area (Å²) in [5, 5.41) is 13.3. The van der Waals surface area contributed by atoms with Crippen LogP contribution in [-0.2, 0) is 11.8 Å². The number of nitrogens with one attached hydrogen (secondary N) is 1. The molecule has 0 spiro atoms. The zero-order chi connectivity index (χ0) is 20.4. The number of aromatic nitrogens is 2. The lowest BCUT2D eigenvalue weighted by Gasteiger charge is -2.38. The Morgan fingerprint density at radius 3 is 2.72 bits per heavy atom. The molecule has 0 saturated carbocycles. The Kier molecular flexibility index (Phi) is 5.31. The number of carbonyl (C=O) groups excluding carboxylic acids is 1. The number of fused-ring (bicyclic) bond motifs is 1. The first-order valence-corrected chi connectivity index (χ1v) is 9.73. The first-order valence-electron chi connectivity index (χ1n) is 9.73. The molecule has 2 atom stereocenters. The fourth-order valence-corrected chi connectivity index (χ4v) is 4.10. The second kappa shape index (κ2) is 8.05. The molecule has 3 aromatic rings. The monoisotopic (exact) mass is 392 g/mol. The number of likely N-dealkylation sites (tertiary alicyclic amines) is 1. The maximum Gasteiger partial charge on any atom is 0.317 e. The molecule has 1 amide bonds. The molecule has 2 N–H and O–H groups in total. The first-order chi connectivity index (χ1) is 14.0. The minimum atomic E-state index is -0.857. The van der Waals surface area contributed by atoms with E-state index in [9.17, 15) is 9.59 Å². The maximum absolute atomic E-state index is 13.0. The number of piperidine rings is 1. The number of rotatable bonds is 5. The fraction of sp³-hybridized carbons (Fsp3) is 0.318. The van der Waals surface area contributed by atoms with Gasteiger partial charge in [0, 0.05) is 37.1 Å². The lowest BCUT2D eigenvalue weighted by atomic mass is 9.85. The van der Waals surface area contributed by atoms with Gasteiger partial charge in [-0.25, -0.2) is 4.98 Å². The number of carboxylic acid groups (broad SMARTS) is 1. The van der Waals surface area contributed by atoms with Gasteiger partial charge in [0.2, 0.25) is 0 Å². The van der Waals surface area contributed by atoms with Gasteiger partial charge in [0.05, 0.1) is 6.54 Å². The van der Waals surface area contributed by atoms with Crippen LogP contribution in [0.3, 0.4) is 0 Å². The topological polar surface area (TPSA) is 87.5 Å². The van der Waals surface area contributed by atoms with Crippen LogP contribution in [0.4, 0.5) is 0 Å². The molecule has 1 fully saturated rings. The van der Waals surface area contributed by atoms with Crippen molar-refractivity contribution in [2.45, 2.75) is 18.4 Å². The number of aryl methyl sites for hydroxylation is 1. The Labute approximate surface area is 169 Å². The Balaban J connectivity index is 1.57. The summed E-state index contributed by atoms with van der Waals surface area (Å²) >= 11 is 0. The van der Waals surface area contributed by atoms with Crippen LogP contribution >= 0.6 is 0 Å². The summed E-state index contributed by atoms with van der Waals surface area (Å²) in [7, 11) is 1.90. The van der Waals surface area contributed by atoms with E-state index in [4.69, 9.17) is 5.11 Å². The smallest absolute Gasteiger partial charge is 0.317 e. The molecule has 0 unspecified atom stereocenters. The van der Waals surface area contributed by atoms with Crippen molar-refractivity contribution in [2.24, 2.45) is 7.05 Å². The van der Waals surface area contributed by atoms with E-state index in [1.165, 1.54) is 0 Å². The summed E-state index contributed by atoms with van der Waals surface area (Å²) in [4.78, 5) is 30.5. The highest BCUT2D eigenvalue weighted by atomic mass is 16.4. The average molecular weight is 392 g/mol. The van der Waals surface area contributed by atoms with Gasteiger partial charge in [-0.15, -0.1) is 0 Å². The summed E-state index contributed by atoms with van der Waals surface area (Å²) in [5.41, 5.74) is 2.27. The van der Waals surface area contributed by atoms with Crippen LogP contribution in [0.2, 0.25) is 0 Å². The van der Waals surface area contributed by atoms with E-state index in [2.05, 4.69) is 22.4 Å². The first kappa shape index (κ1) is 19.1. The van der Waals surface area contributed by atoms with Gasteiger partial charge in [0.15, 0.2) is 0 Å². The van der Waals surface area contributed by atoms with E-state index >= 15 is 0 Å². The molecular weight excluding hydrogens is 368 g/mol. The lowest BCUT2D eigenvalue weighted by molar-refractivity contribution is -0.138. The quantitative estimate of drug-likeness (QED) is 0.695. The largest absolute Gasteiger partial charge is 0.480 e. The number of aliphatic carboxylic acids is 1. The number of amides is 1. The van der Waals surface area contributed by atoms with Crippen LogP contribution in [0.15, 0.2) is 54.7 Å². The molecule has 2 aromatic heterocycles. The van der Waals surface area contributed by atoms with Gasteiger partial charge in [-0.1, -0.05) is 30.3 Å². The van der Waals surface area contributed by atoms with Gasteiger partial charge in [0.1, 0.15) is 11.3 Å². The highest BCUT2D eigenvalue weighted by molar-refractivity contribution is 5.94. The molecule has 1 saturated heterocycles. The van der Waals surface area contributed by atoms with Crippen molar-refractivity contribution in [3.8, 4) is 0 Å². The molecular formula is C22H24N4O3. The number of benzene rings is 1. The minimum Gasteiger partial charge on any atom is -0.480 e. The van der Waals surface area contributed by atoms with Crippen LogP contribution < -0.4 is 5.32 Å². The minimum absolute atomic E-state index is 0.0263. The standard InChI is InChI=1S/C22H24N4O3/c1-25-11-9-16-7-8-18(23-21(16)25)22(29)24-19-13-26(14-20(27)28)12-10-17(19)15-5-3-2-4-6-15/h2-9,11,17,19H,10,12-14H2,1H3,(H,24,29)(H,27,28)/t17-,19-/m0/s1. The maximum atomic E-state index is 13.0. The Bertz CT molecular complexity index is 1030. The van der Waals surface area contributed by atoms with E-state index in [0.29, 0.717) is 18.8 Å². The number of nitrogens with zero attached hydrogens (tertiary/aromatic N) is 3. The zero-order valence-electron chi connectivity index (χ0n) is 16.3. The third kappa shape index (κ3) is 4.14. The van der Waals surface area contributed by atoms with E-state index in [1.807, 2.05) is 53.0 Å². The molecule has 0 aliphatic carbocycles. The van der Waals surface area contributed by atoms with Crippen molar-refractivity contribution in [3.63, 3.8) is 0 Å². The summed E-state index contributed by atoms with van der Waals surface area (Å²) in [5.74, 6) is -0.968.